The molecule has 2 nitrogen and oxygen atoms in total. The standard InChI is InChI=1S/C8H20O2Si2/c1-11(2,3)10-12(4,5)8-6-7-9/h7H,6,8H2,1-5H3. The number of hydrogen-bond acceptors (Lipinski definition) is 2. The summed E-state index contributed by atoms with van der Waals surface area (Å²) in [5, 5.41) is 0. The van der Waals surface area contributed by atoms with Crippen LogP contribution in [0.15, 0.2) is 0 Å². The third kappa shape index (κ3) is 6.75. The highest BCUT2D eigenvalue weighted by Gasteiger charge is 2.28. The molecule has 0 saturated carbocycles. The maximum atomic E-state index is 10.2. The quantitative estimate of drug-likeness (QED) is 0.508. The molecule has 0 aliphatic carbocycles. The van der Waals surface area contributed by atoms with Crippen molar-refractivity contribution in [2.45, 2.75) is 45.2 Å². The van der Waals surface area contributed by atoms with Crippen molar-refractivity contribution in [1.82, 2.24) is 0 Å². The van der Waals surface area contributed by atoms with Crippen LogP contribution >= 0.6 is 0 Å². The lowest BCUT2D eigenvalue weighted by atomic mass is 10.6. The smallest absolute Gasteiger partial charge is 0.173 e. The molecule has 0 heterocycles. The Morgan fingerprint density at radius 1 is 1.17 bits per heavy atom. The van der Waals surface area contributed by atoms with Gasteiger partial charge in [-0.2, -0.15) is 0 Å². The Morgan fingerprint density at radius 3 is 2.00 bits per heavy atom. The van der Waals surface area contributed by atoms with E-state index in [1.54, 1.807) is 0 Å². The van der Waals surface area contributed by atoms with E-state index in [4.69, 9.17) is 4.12 Å². The lowest BCUT2D eigenvalue weighted by molar-refractivity contribution is -0.107. The van der Waals surface area contributed by atoms with E-state index in [0.29, 0.717) is 6.42 Å². The number of carbonyl (C=O) groups is 1. The third-order valence-electron chi connectivity index (χ3n) is 1.45. The Labute approximate surface area is 77.6 Å². The second-order valence-corrected chi connectivity index (χ2v) is 13.7. The molecule has 0 N–H and O–H groups in total. The molecule has 4 heteroatoms. The minimum Gasteiger partial charge on any atom is -0.456 e. The van der Waals surface area contributed by atoms with E-state index in [-0.39, 0.29) is 0 Å². The van der Waals surface area contributed by atoms with Crippen LogP contribution < -0.4 is 0 Å². The van der Waals surface area contributed by atoms with Crippen LogP contribution in [0.3, 0.4) is 0 Å². The van der Waals surface area contributed by atoms with Crippen molar-refractivity contribution in [3.05, 3.63) is 0 Å². The van der Waals surface area contributed by atoms with Gasteiger partial charge in [-0.15, -0.1) is 0 Å². The van der Waals surface area contributed by atoms with Gasteiger partial charge in [0.2, 0.25) is 0 Å². The second-order valence-electron chi connectivity index (χ2n) is 4.68. The average molecular weight is 204 g/mol. The lowest BCUT2D eigenvalue weighted by Crippen LogP contribution is -2.42. The minimum absolute atomic E-state index is 0.656. The fraction of sp³-hybridized carbons (Fsp3) is 0.875. The number of rotatable bonds is 5. The molecular weight excluding hydrogens is 184 g/mol. The molecule has 0 aliphatic rings. The van der Waals surface area contributed by atoms with Crippen LogP contribution in [-0.2, 0) is 8.91 Å². The molecule has 0 fully saturated rings. The van der Waals surface area contributed by atoms with Gasteiger partial charge < -0.3 is 8.91 Å². The van der Waals surface area contributed by atoms with Crippen molar-refractivity contribution in [2.75, 3.05) is 0 Å². The van der Waals surface area contributed by atoms with Gasteiger partial charge in [0.1, 0.15) is 6.29 Å². The summed E-state index contributed by atoms with van der Waals surface area (Å²) < 4.78 is 6.05. The van der Waals surface area contributed by atoms with Crippen LogP contribution in [0.2, 0.25) is 38.8 Å². The Hall–Kier alpha value is 0.0638. The van der Waals surface area contributed by atoms with Crippen LogP contribution in [-0.4, -0.2) is 22.9 Å². The molecule has 0 rings (SSSR count). The van der Waals surface area contributed by atoms with E-state index in [1.165, 1.54) is 0 Å². The van der Waals surface area contributed by atoms with Crippen LogP contribution in [0.5, 0.6) is 0 Å². The van der Waals surface area contributed by atoms with Gasteiger partial charge in [-0.3, -0.25) is 0 Å². The third-order valence-corrected chi connectivity index (χ3v) is 7.60. The zero-order valence-corrected chi connectivity index (χ0v) is 10.8. The largest absolute Gasteiger partial charge is 0.456 e. The second kappa shape index (κ2) is 4.34. The number of aldehydes is 1. The molecule has 0 unspecified atom stereocenters. The van der Waals surface area contributed by atoms with E-state index >= 15 is 0 Å². The van der Waals surface area contributed by atoms with E-state index in [0.717, 1.165) is 12.3 Å². The zero-order valence-electron chi connectivity index (χ0n) is 8.81. The van der Waals surface area contributed by atoms with Crippen LogP contribution in [0.25, 0.3) is 0 Å². The molecule has 0 radical (unpaired) electrons. The van der Waals surface area contributed by atoms with Crippen LogP contribution in [0.4, 0.5) is 0 Å². The summed E-state index contributed by atoms with van der Waals surface area (Å²) in [6, 6.07) is 0.959. The summed E-state index contributed by atoms with van der Waals surface area (Å²) in [5.41, 5.74) is 0. The molecule has 72 valence electrons. The summed E-state index contributed by atoms with van der Waals surface area (Å²) in [7, 11) is -2.93. The van der Waals surface area contributed by atoms with Gasteiger partial charge in [0.25, 0.3) is 0 Å². The van der Waals surface area contributed by atoms with Crippen LogP contribution in [0, 0.1) is 0 Å². The van der Waals surface area contributed by atoms with E-state index in [1.807, 2.05) is 0 Å². The molecule has 0 aromatic heterocycles. The highest BCUT2D eigenvalue weighted by molar-refractivity contribution is 6.84. The molecule has 0 aromatic carbocycles. The highest BCUT2D eigenvalue weighted by atomic mass is 28.4. The first kappa shape index (κ1) is 12.1. The molecule has 12 heavy (non-hydrogen) atoms. The summed E-state index contributed by atoms with van der Waals surface area (Å²) in [6.07, 6.45) is 1.64. The Morgan fingerprint density at radius 2 is 1.67 bits per heavy atom. The predicted molar refractivity (Wildman–Crippen MR) is 57.4 cm³/mol. The normalized spacial score (nSPS) is 13.1. The van der Waals surface area contributed by atoms with Crippen molar-refractivity contribution < 1.29 is 8.91 Å². The van der Waals surface area contributed by atoms with Gasteiger partial charge >= 0.3 is 0 Å². The first-order valence-corrected chi connectivity index (χ1v) is 10.9. The minimum atomic E-state index is -1.53. The van der Waals surface area contributed by atoms with Gasteiger partial charge in [0.15, 0.2) is 16.6 Å². The van der Waals surface area contributed by atoms with Crippen molar-refractivity contribution in [3.8, 4) is 0 Å². The molecule has 0 saturated heterocycles. The van der Waals surface area contributed by atoms with E-state index < -0.39 is 16.6 Å². The van der Waals surface area contributed by atoms with Gasteiger partial charge in [0.05, 0.1) is 0 Å². The van der Waals surface area contributed by atoms with Gasteiger partial charge in [0, 0.05) is 6.42 Å². The van der Waals surface area contributed by atoms with Gasteiger partial charge in [-0.1, -0.05) is 0 Å². The van der Waals surface area contributed by atoms with Crippen LogP contribution in [0.1, 0.15) is 6.42 Å². The molecule has 0 bridgehead atoms. The van der Waals surface area contributed by atoms with Crippen molar-refractivity contribution in [1.29, 1.82) is 0 Å². The first-order chi connectivity index (χ1) is 5.27. The van der Waals surface area contributed by atoms with E-state index in [9.17, 15) is 4.79 Å². The van der Waals surface area contributed by atoms with Gasteiger partial charge in [-0.05, 0) is 38.8 Å². The number of carbonyl (C=O) groups excluding carboxylic acids is 1. The summed E-state index contributed by atoms with van der Waals surface area (Å²) >= 11 is 0. The Kier molecular flexibility index (Phi) is 4.37. The topological polar surface area (TPSA) is 26.3 Å². The zero-order chi connectivity index (χ0) is 9.83. The monoisotopic (exact) mass is 204 g/mol. The predicted octanol–water partition coefficient (Wildman–Crippen LogP) is 2.63. The maximum absolute atomic E-state index is 10.2. The SMILES string of the molecule is C[Si](C)(C)O[Si](C)(C)CCC=O. The molecule has 0 aliphatic heterocycles. The molecule has 0 aromatic rings. The number of hydrogen-bond donors (Lipinski definition) is 0. The highest BCUT2D eigenvalue weighted by Crippen LogP contribution is 2.18. The summed E-state index contributed by atoms with van der Waals surface area (Å²) in [5.74, 6) is 0. The van der Waals surface area contributed by atoms with Crippen molar-refractivity contribution in [3.63, 3.8) is 0 Å². The maximum Gasteiger partial charge on any atom is 0.173 e. The lowest BCUT2D eigenvalue weighted by Gasteiger charge is -2.30. The summed E-state index contributed by atoms with van der Waals surface area (Å²) in [4.78, 5) is 10.2. The fourth-order valence-corrected chi connectivity index (χ4v) is 9.14. The summed E-state index contributed by atoms with van der Waals surface area (Å²) in [6.45, 7) is 11.0. The Balaban J connectivity index is 3.94. The molecule has 0 spiro atoms. The first-order valence-electron chi connectivity index (χ1n) is 4.41. The van der Waals surface area contributed by atoms with Gasteiger partial charge in [-0.25, -0.2) is 0 Å². The molecule has 0 atom stereocenters. The molecular formula is C8H20O2Si2. The van der Waals surface area contributed by atoms with Crippen molar-refractivity contribution in [2.24, 2.45) is 0 Å². The van der Waals surface area contributed by atoms with E-state index in [2.05, 4.69) is 32.7 Å². The Bertz CT molecular complexity index is 150. The molecule has 0 amide bonds. The van der Waals surface area contributed by atoms with Crippen molar-refractivity contribution >= 4 is 22.9 Å². The average Bonchev–Trinajstić information content (AvgIpc) is 1.78. The fourth-order valence-electron chi connectivity index (χ4n) is 1.29.